The van der Waals surface area contributed by atoms with Crippen LogP contribution < -0.4 is 10.6 Å². The van der Waals surface area contributed by atoms with Crippen molar-refractivity contribution in [2.24, 2.45) is 0 Å². The summed E-state index contributed by atoms with van der Waals surface area (Å²) in [7, 11) is 0. The van der Waals surface area contributed by atoms with Gasteiger partial charge in [-0.1, -0.05) is 24.3 Å². The number of nitrogen functional groups attached to an aromatic ring is 1. The van der Waals surface area contributed by atoms with Gasteiger partial charge in [0.2, 0.25) is 0 Å². The summed E-state index contributed by atoms with van der Waals surface area (Å²) in [6, 6.07) is 12.2. The Labute approximate surface area is 143 Å². The van der Waals surface area contributed by atoms with Crippen molar-refractivity contribution in [1.82, 2.24) is 24.6 Å². The molecule has 0 atom stereocenters. The van der Waals surface area contributed by atoms with Gasteiger partial charge in [-0.15, -0.1) is 5.10 Å². The molecule has 0 spiro atoms. The summed E-state index contributed by atoms with van der Waals surface area (Å²) < 4.78 is 1.66. The van der Waals surface area contributed by atoms with Crippen LogP contribution in [0.1, 0.15) is 11.1 Å². The van der Waals surface area contributed by atoms with E-state index in [1.165, 1.54) is 11.1 Å². The first-order valence-electron chi connectivity index (χ1n) is 8.02. The van der Waals surface area contributed by atoms with Crippen LogP contribution in [-0.4, -0.2) is 24.6 Å². The summed E-state index contributed by atoms with van der Waals surface area (Å²) in [6.45, 7) is 1.68. The average molecular weight is 329 g/mol. The number of nitrogens with zero attached hydrogens (tertiary/aromatic N) is 6. The number of aromatic nitrogens is 5. The highest BCUT2D eigenvalue weighted by Crippen LogP contribution is 2.31. The number of fused-ring (bicyclic) bond motifs is 2. The molecule has 0 unspecified atom stereocenters. The van der Waals surface area contributed by atoms with Gasteiger partial charge in [0.25, 0.3) is 0 Å². The minimum absolute atomic E-state index is 0.410. The number of benzene rings is 1. The van der Waals surface area contributed by atoms with Gasteiger partial charge in [0.1, 0.15) is 12.1 Å². The van der Waals surface area contributed by atoms with Crippen molar-refractivity contribution in [2.45, 2.75) is 13.1 Å². The lowest BCUT2D eigenvalue weighted by molar-refractivity contribution is 0.852. The molecule has 1 aliphatic rings. The maximum Gasteiger partial charge on any atom is 0.166 e. The summed E-state index contributed by atoms with van der Waals surface area (Å²) in [5.74, 6) is 1.28. The van der Waals surface area contributed by atoms with Crippen LogP contribution in [0.15, 0.2) is 55.1 Å². The Morgan fingerprint density at radius 3 is 2.56 bits per heavy atom. The van der Waals surface area contributed by atoms with Gasteiger partial charge in [-0.25, -0.2) is 19.5 Å². The fourth-order valence-corrected chi connectivity index (χ4v) is 3.30. The molecule has 4 heterocycles. The molecular weight excluding hydrogens is 314 g/mol. The standard InChI is InChI=1S/C18H15N7/c19-17-16(18-20-6-3-7-25(18)23-17)14-8-15(22-11-21-14)24-9-12-4-1-2-5-13(12)10-24/h1-8,11H,9-10H2,(H2,19,23). The average Bonchev–Trinajstić information content (AvgIpc) is 3.22. The van der Waals surface area contributed by atoms with E-state index in [-0.39, 0.29) is 0 Å². The van der Waals surface area contributed by atoms with Crippen molar-refractivity contribution in [2.75, 3.05) is 10.6 Å². The molecule has 5 rings (SSSR count). The molecule has 0 aliphatic carbocycles. The van der Waals surface area contributed by atoms with Crippen LogP contribution >= 0.6 is 0 Å². The highest BCUT2D eigenvalue weighted by molar-refractivity contribution is 5.84. The minimum atomic E-state index is 0.410. The van der Waals surface area contributed by atoms with E-state index in [2.05, 4.69) is 49.2 Å². The fraction of sp³-hybridized carbons (Fsp3) is 0.111. The molecule has 1 aliphatic heterocycles. The van der Waals surface area contributed by atoms with Crippen LogP contribution in [0.3, 0.4) is 0 Å². The third-order valence-corrected chi connectivity index (χ3v) is 4.50. The highest BCUT2D eigenvalue weighted by atomic mass is 15.3. The molecule has 0 saturated heterocycles. The molecule has 122 valence electrons. The van der Waals surface area contributed by atoms with Gasteiger partial charge < -0.3 is 10.6 Å². The van der Waals surface area contributed by atoms with E-state index in [0.29, 0.717) is 11.5 Å². The Hall–Kier alpha value is -3.48. The molecule has 4 aromatic rings. The van der Waals surface area contributed by atoms with Crippen molar-refractivity contribution in [1.29, 1.82) is 0 Å². The lowest BCUT2D eigenvalue weighted by atomic mass is 10.1. The largest absolute Gasteiger partial charge is 0.382 e. The Morgan fingerprint density at radius 1 is 0.960 bits per heavy atom. The van der Waals surface area contributed by atoms with Crippen LogP contribution in [0, 0.1) is 0 Å². The van der Waals surface area contributed by atoms with Gasteiger partial charge in [0.15, 0.2) is 11.5 Å². The molecule has 0 amide bonds. The Bertz CT molecular complexity index is 1060. The third kappa shape index (κ3) is 2.20. The zero-order valence-corrected chi connectivity index (χ0v) is 13.4. The molecule has 0 fully saturated rings. The Balaban J connectivity index is 1.57. The SMILES string of the molecule is Nc1nn2cccnc2c1-c1cc(N2Cc3ccccc3C2)ncn1. The normalized spacial score (nSPS) is 13.4. The highest BCUT2D eigenvalue weighted by Gasteiger charge is 2.21. The van der Waals surface area contributed by atoms with E-state index in [0.717, 1.165) is 30.2 Å². The zero-order valence-electron chi connectivity index (χ0n) is 13.4. The zero-order chi connectivity index (χ0) is 16.8. The maximum atomic E-state index is 6.11. The number of hydrogen-bond donors (Lipinski definition) is 1. The van der Waals surface area contributed by atoms with Gasteiger partial charge in [0.05, 0.1) is 11.3 Å². The van der Waals surface area contributed by atoms with Crippen LogP contribution in [0.2, 0.25) is 0 Å². The van der Waals surface area contributed by atoms with E-state index < -0.39 is 0 Å². The van der Waals surface area contributed by atoms with E-state index in [4.69, 9.17) is 5.73 Å². The summed E-state index contributed by atoms with van der Waals surface area (Å²) in [5, 5.41) is 4.31. The maximum absolute atomic E-state index is 6.11. The summed E-state index contributed by atoms with van der Waals surface area (Å²) in [5.41, 5.74) is 10.9. The van der Waals surface area contributed by atoms with Crippen LogP contribution in [0.25, 0.3) is 16.9 Å². The predicted octanol–water partition coefficient (Wildman–Crippen LogP) is 2.29. The van der Waals surface area contributed by atoms with Crippen molar-refractivity contribution in [3.05, 3.63) is 66.2 Å². The molecule has 3 aromatic heterocycles. The van der Waals surface area contributed by atoms with E-state index in [9.17, 15) is 0 Å². The second-order valence-electron chi connectivity index (χ2n) is 6.03. The fourth-order valence-electron chi connectivity index (χ4n) is 3.30. The number of nitrogens with two attached hydrogens (primary N) is 1. The Morgan fingerprint density at radius 2 is 1.76 bits per heavy atom. The molecule has 0 saturated carbocycles. The minimum Gasteiger partial charge on any atom is -0.382 e. The summed E-state index contributed by atoms with van der Waals surface area (Å²) >= 11 is 0. The monoisotopic (exact) mass is 329 g/mol. The van der Waals surface area contributed by atoms with Gasteiger partial charge in [-0.3, -0.25) is 0 Å². The second-order valence-corrected chi connectivity index (χ2v) is 6.03. The van der Waals surface area contributed by atoms with E-state index >= 15 is 0 Å². The third-order valence-electron chi connectivity index (χ3n) is 4.50. The quantitative estimate of drug-likeness (QED) is 0.607. The second kappa shape index (κ2) is 5.27. The van der Waals surface area contributed by atoms with Crippen molar-refractivity contribution < 1.29 is 0 Å². The smallest absolute Gasteiger partial charge is 0.166 e. The first kappa shape index (κ1) is 13.9. The van der Waals surface area contributed by atoms with E-state index in [1.807, 2.05) is 18.3 Å². The molecule has 7 heteroatoms. The first-order valence-corrected chi connectivity index (χ1v) is 8.02. The van der Waals surface area contributed by atoms with Crippen molar-refractivity contribution in [3.8, 4) is 11.3 Å². The molecule has 1 aromatic carbocycles. The molecule has 2 N–H and O–H groups in total. The lowest BCUT2D eigenvalue weighted by Crippen LogP contribution is -2.16. The van der Waals surface area contributed by atoms with Crippen LogP contribution in [-0.2, 0) is 13.1 Å². The molecule has 0 bridgehead atoms. The van der Waals surface area contributed by atoms with Gasteiger partial charge in [-0.2, -0.15) is 0 Å². The Kier molecular flexibility index (Phi) is 2.93. The molecular formula is C18H15N7. The van der Waals surface area contributed by atoms with Crippen molar-refractivity contribution >= 4 is 17.3 Å². The first-order chi connectivity index (χ1) is 12.3. The summed E-state index contributed by atoms with van der Waals surface area (Å²) in [4.78, 5) is 15.5. The van der Waals surface area contributed by atoms with Gasteiger partial charge in [-0.05, 0) is 17.2 Å². The lowest BCUT2D eigenvalue weighted by Gasteiger charge is -2.16. The van der Waals surface area contributed by atoms with Gasteiger partial charge >= 0.3 is 0 Å². The van der Waals surface area contributed by atoms with Crippen LogP contribution in [0.4, 0.5) is 11.6 Å². The molecule has 0 radical (unpaired) electrons. The number of rotatable bonds is 2. The predicted molar refractivity (Wildman–Crippen MR) is 94.8 cm³/mol. The molecule has 25 heavy (non-hydrogen) atoms. The molecule has 7 nitrogen and oxygen atoms in total. The number of anilines is 2. The van der Waals surface area contributed by atoms with E-state index in [1.54, 1.807) is 17.0 Å². The number of hydrogen-bond acceptors (Lipinski definition) is 6. The van der Waals surface area contributed by atoms with Crippen LogP contribution in [0.5, 0.6) is 0 Å². The van der Waals surface area contributed by atoms with Crippen molar-refractivity contribution in [3.63, 3.8) is 0 Å². The van der Waals surface area contributed by atoms with Gasteiger partial charge in [0, 0.05) is 31.5 Å². The summed E-state index contributed by atoms with van der Waals surface area (Å²) in [6.07, 6.45) is 5.11. The topological polar surface area (TPSA) is 85.2 Å².